The van der Waals surface area contributed by atoms with Crippen molar-refractivity contribution in [2.75, 3.05) is 39.2 Å². The smallest absolute Gasteiger partial charge is 0.244 e. The summed E-state index contributed by atoms with van der Waals surface area (Å²) in [6.45, 7) is 1.68. The second kappa shape index (κ2) is 8.33. The van der Waals surface area contributed by atoms with Crippen LogP contribution in [0.2, 0.25) is 5.02 Å². The Morgan fingerprint density at radius 2 is 1.92 bits per heavy atom. The van der Waals surface area contributed by atoms with Crippen molar-refractivity contribution in [2.24, 2.45) is 0 Å². The van der Waals surface area contributed by atoms with Crippen molar-refractivity contribution in [1.29, 1.82) is 0 Å². The number of fused-ring (bicyclic) bond motifs is 1. The SMILES string of the molecule is CN(C)CCCOc1ccc(C2Sc3cc(Cl)ccc3N(C)C2=O)cc1. The minimum absolute atomic E-state index is 0.0736. The quantitative estimate of drug-likeness (QED) is 0.681. The molecule has 1 atom stereocenters. The number of likely N-dealkylation sites (N-methyl/N-ethyl adjacent to an activating group) is 1. The lowest BCUT2D eigenvalue weighted by atomic mass is 10.1. The van der Waals surface area contributed by atoms with E-state index in [4.69, 9.17) is 16.3 Å². The minimum Gasteiger partial charge on any atom is -0.494 e. The summed E-state index contributed by atoms with van der Waals surface area (Å²) in [6, 6.07) is 13.4. The molecule has 6 heteroatoms. The van der Waals surface area contributed by atoms with Gasteiger partial charge in [-0.2, -0.15) is 0 Å². The summed E-state index contributed by atoms with van der Waals surface area (Å²) in [4.78, 5) is 17.6. The highest BCUT2D eigenvalue weighted by atomic mass is 35.5. The van der Waals surface area contributed by atoms with Gasteiger partial charge in [0.15, 0.2) is 0 Å². The highest BCUT2D eigenvalue weighted by Crippen LogP contribution is 2.46. The lowest BCUT2D eigenvalue weighted by Crippen LogP contribution is -2.33. The lowest BCUT2D eigenvalue weighted by molar-refractivity contribution is -0.118. The van der Waals surface area contributed by atoms with Crippen molar-refractivity contribution in [2.45, 2.75) is 16.6 Å². The molecule has 0 aliphatic carbocycles. The van der Waals surface area contributed by atoms with Gasteiger partial charge in [-0.05, 0) is 56.4 Å². The van der Waals surface area contributed by atoms with Crippen molar-refractivity contribution >= 4 is 35.0 Å². The number of nitrogens with zero attached hydrogens (tertiary/aromatic N) is 2. The van der Waals surface area contributed by atoms with Crippen LogP contribution in [0.3, 0.4) is 0 Å². The summed E-state index contributed by atoms with van der Waals surface area (Å²) in [5.74, 6) is 0.905. The lowest BCUT2D eigenvalue weighted by Gasteiger charge is -2.31. The van der Waals surface area contributed by atoms with Crippen LogP contribution in [0.15, 0.2) is 47.4 Å². The highest BCUT2D eigenvalue weighted by Gasteiger charge is 2.32. The second-order valence-electron chi connectivity index (χ2n) is 6.58. The molecule has 0 aromatic heterocycles. The molecule has 0 fully saturated rings. The minimum atomic E-state index is -0.270. The van der Waals surface area contributed by atoms with Gasteiger partial charge >= 0.3 is 0 Å². The zero-order valence-corrected chi connectivity index (χ0v) is 16.8. The molecule has 0 N–H and O–H groups in total. The van der Waals surface area contributed by atoms with Crippen LogP contribution >= 0.6 is 23.4 Å². The fourth-order valence-corrected chi connectivity index (χ4v) is 4.42. The first kappa shape index (κ1) is 19.1. The van der Waals surface area contributed by atoms with E-state index in [-0.39, 0.29) is 11.2 Å². The first-order valence-electron chi connectivity index (χ1n) is 8.57. The zero-order chi connectivity index (χ0) is 18.7. The van der Waals surface area contributed by atoms with Gasteiger partial charge in [0, 0.05) is 23.5 Å². The normalized spacial score (nSPS) is 16.7. The first-order chi connectivity index (χ1) is 12.5. The van der Waals surface area contributed by atoms with Gasteiger partial charge < -0.3 is 14.5 Å². The van der Waals surface area contributed by atoms with E-state index in [0.29, 0.717) is 11.6 Å². The molecule has 1 unspecified atom stereocenters. The standard InChI is InChI=1S/C20H23ClN2O2S/c1-22(2)11-4-12-25-16-8-5-14(6-9-16)19-20(24)23(3)17-10-7-15(21)13-18(17)26-19/h5-10,13,19H,4,11-12H2,1-3H3. The molecular weight excluding hydrogens is 368 g/mol. The van der Waals surface area contributed by atoms with E-state index in [2.05, 4.69) is 19.0 Å². The van der Waals surface area contributed by atoms with Crippen LogP contribution < -0.4 is 9.64 Å². The zero-order valence-electron chi connectivity index (χ0n) is 15.2. The van der Waals surface area contributed by atoms with Gasteiger partial charge in [0.2, 0.25) is 5.91 Å². The average molecular weight is 391 g/mol. The summed E-state index contributed by atoms with van der Waals surface area (Å²) < 4.78 is 5.77. The van der Waals surface area contributed by atoms with E-state index in [9.17, 15) is 4.79 Å². The molecule has 3 rings (SSSR count). The molecule has 0 saturated heterocycles. The summed E-state index contributed by atoms with van der Waals surface area (Å²) in [5.41, 5.74) is 1.87. The van der Waals surface area contributed by atoms with Crippen LogP contribution in [0.4, 0.5) is 5.69 Å². The van der Waals surface area contributed by atoms with E-state index in [1.54, 1.807) is 16.7 Å². The monoisotopic (exact) mass is 390 g/mol. The molecule has 2 aromatic carbocycles. The van der Waals surface area contributed by atoms with Gasteiger partial charge in [0.1, 0.15) is 11.0 Å². The molecule has 0 spiro atoms. The predicted octanol–water partition coefficient (Wildman–Crippen LogP) is 4.48. The third-order valence-corrected chi connectivity index (χ3v) is 5.81. The van der Waals surface area contributed by atoms with E-state index in [0.717, 1.165) is 34.9 Å². The van der Waals surface area contributed by atoms with Crippen molar-refractivity contribution < 1.29 is 9.53 Å². The molecule has 26 heavy (non-hydrogen) atoms. The Morgan fingerprint density at radius 1 is 1.19 bits per heavy atom. The number of ether oxygens (including phenoxy) is 1. The van der Waals surface area contributed by atoms with Crippen LogP contribution in [0, 0.1) is 0 Å². The third kappa shape index (κ3) is 4.34. The summed E-state index contributed by atoms with van der Waals surface area (Å²) in [6.07, 6.45) is 0.980. The molecular formula is C20H23ClN2O2S. The Balaban J connectivity index is 1.70. The summed E-state index contributed by atoms with van der Waals surface area (Å²) in [7, 11) is 5.91. The predicted molar refractivity (Wildman–Crippen MR) is 109 cm³/mol. The van der Waals surface area contributed by atoms with E-state index in [1.807, 2.05) is 49.5 Å². The van der Waals surface area contributed by atoms with Gasteiger partial charge in [-0.3, -0.25) is 4.79 Å². The fourth-order valence-electron chi connectivity index (χ4n) is 2.85. The van der Waals surface area contributed by atoms with Crippen LogP contribution in [-0.4, -0.2) is 45.1 Å². The molecule has 1 amide bonds. The van der Waals surface area contributed by atoms with E-state index in [1.165, 1.54) is 0 Å². The average Bonchev–Trinajstić information content (AvgIpc) is 2.62. The third-order valence-electron chi connectivity index (χ3n) is 4.28. The number of thioether (sulfide) groups is 1. The molecule has 0 radical (unpaired) electrons. The molecule has 2 aromatic rings. The number of anilines is 1. The molecule has 0 bridgehead atoms. The second-order valence-corrected chi connectivity index (χ2v) is 8.16. The Bertz CT molecular complexity index is 780. The molecule has 1 heterocycles. The van der Waals surface area contributed by atoms with Crippen LogP contribution in [0.25, 0.3) is 0 Å². The Labute approximate surface area is 164 Å². The van der Waals surface area contributed by atoms with Gasteiger partial charge in [-0.15, -0.1) is 11.8 Å². The number of benzene rings is 2. The van der Waals surface area contributed by atoms with Gasteiger partial charge in [0.25, 0.3) is 0 Å². The van der Waals surface area contributed by atoms with Crippen molar-refractivity contribution in [3.63, 3.8) is 0 Å². The summed E-state index contributed by atoms with van der Waals surface area (Å²) in [5, 5.41) is 0.410. The summed E-state index contributed by atoms with van der Waals surface area (Å²) >= 11 is 7.66. The number of carbonyl (C=O) groups excluding carboxylic acids is 1. The van der Waals surface area contributed by atoms with E-state index >= 15 is 0 Å². The number of carbonyl (C=O) groups is 1. The van der Waals surface area contributed by atoms with Crippen molar-refractivity contribution in [3.05, 3.63) is 53.1 Å². The van der Waals surface area contributed by atoms with Gasteiger partial charge in [0.05, 0.1) is 12.3 Å². The van der Waals surface area contributed by atoms with Gasteiger partial charge in [-0.1, -0.05) is 23.7 Å². The molecule has 0 saturated carbocycles. The topological polar surface area (TPSA) is 32.8 Å². The van der Waals surface area contributed by atoms with Crippen LogP contribution in [-0.2, 0) is 4.79 Å². The molecule has 1 aliphatic heterocycles. The van der Waals surface area contributed by atoms with Crippen molar-refractivity contribution in [3.8, 4) is 5.75 Å². The van der Waals surface area contributed by atoms with Gasteiger partial charge in [-0.25, -0.2) is 0 Å². The number of hydrogen-bond acceptors (Lipinski definition) is 4. The number of rotatable bonds is 6. The Morgan fingerprint density at radius 3 is 2.62 bits per heavy atom. The molecule has 1 aliphatic rings. The maximum absolute atomic E-state index is 12.8. The number of halogens is 1. The Kier molecular flexibility index (Phi) is 6.12. The van der Waals surface area contributed by atoms with E-state index < -0.39 is 0 Å². The van der Waals surface area contributed by atoms with Crippen LogP contribution in [0.5, 0.6) is 5.75 Å². The maximum atomic E-state index is 12.8. The number of hydrogen-bond donors (Lipinski definition) is 0. The van der Waals surface area contributed by atoms with Crippen LogP contribution in [0.1, 0.15) is 17.2 Å². The van der Waals surface area contributed by atoms with Crippen molar-refractivity contribution in [1.82, 2.24) is 4.90 Å². The fraction of sp³-hybridized carbons (Fsp3) is 0.350. The largest absolute Gasteiger partial charge is 0.494 e. The molecule has 138 valence electrons. The first-order valence-corrected chi connectivity index (χ1v) is 9.83. The maximum Gasteiger partial charge on any atom is 0.244 e. The number of amides is 1. The molecule has 4 nitrogen and oxygen atoms in total. The highest BCUT2D eigenvalue weighted by molar-refractivity contribution is 8.00. The Hall–Kier alpha value is -1.69.